The third-order valence-electron chi connectivity index (χ3n) is 2.21. The Kier molecular flexibility index (Phi) is 4.07. The van der Waals surface area contributed by atoms with Crippen molar-refractivity contribution in [2.45, 2.75) is 0 Å². The number of halogens is 1. The van der Waals surface area contributed by atoms with Crippen molar-refractivity contribution < 1.29 is 0 Å². The van der Waals surface area contributed by atoms with E-state index in [0.29, 0.717) is 6.54 Å². The van der Waals surface area contributed by atoms with Crippen molar-refractivity contribution in [3.05, 3.63) is 65.2 Å². The first kappa shape index (κ1) is 11.6. The molecular weight excluding hydrogens is 230 g/mol. The van der Waals surface area contributed by atoms with Gasteiger partial charge < -0.3 is 5.32 Å². The summed E-state index contributed by atoms with van der Waals surface area (Å²) in [6.45, 7) is 0.606. The largest absolute Gasteiger partial charge is 0.374 e. The molecule has 0 fully saturated rings. The van der Waals surface area contributed by atoms with Crippen LogP contribution in [-0.2, 0) is 0 Å². The summed E-state index contributed by atoms with van der Waals surface area (Å²) in [5, 5.41) is 3.93. The number of rotatable bonds is 2. The highest BCUT2D eigenvalue weighted by molar-refractivity contribution is 6.30. The molecule has 2 rings (SSSR count). The van der Waals surface area contributed by atoms with Gasteiger partial charge in [-0.3, -0.25) is 0 Å². The van der Waals surface area contributed by atoms with Gasteiger partial charge in [0, 0.05) is 16.3 Å². The van der Waals surface area contributed by atoms with E-state index < -0.39 is 0 Å². The lowest BCUT2D eigenvalue weighted by atomic mass is 10.2. The average molecular weight is 242 g/mol. The fourth-order valence-electron chi connectivity index (χ4n) is 1.41. The van der Waals surface area contributed by atoms with E-state index in [9.17, 15) is 0 Å². The third kappa shape index (κ3) is 3.86. The zero-order valence-corrected chi connectivity index (χ0v) is 10.0. The predicted molar refractivity (Wildman–Crippen MR) is 73.3 cm³/mol. The Balaban J connectivity index is 1.90. The summed E-state index contributed by atoms with van der Waals surface area (Å²) in [5.41, 5.74) is 2.01. The van der Waals surface area contributed by atoms with Gasteiger partial charge in [0.2, 0.25) is 0 Å². The summed E-state index contributed by atoms with van der Waals surface area (Å²) in [6.07, 6.45) is 0. The zero-order valence-electron chi connectivity index (χ0n) is 9.28. The molecule has 2 heteroatoms. The predicted octanol–water partition coefficient (Wildman–Crippen LogP) is 3.80. The fourth-order valence-corrected chi connectivity index (χ4v) is 1.60. The van der Waals surface area contributed by atoms with Gasteiger partial charge in [-0.2, -0.15) is 0 Å². The molecule has 0 saturated carbocycles. The SMILES string of the molecule is Clc1cccc(NCC#Cc2ccccc2)c1. The van der Waals surface area contributed by atoms with Crippen LogP contribution in [0.25, 0.3) is 0 Å². The molecule has 0 aliphatic rings. The highest BCUT2D eigenvalue weighted by atomic mass is 35.5. The first-order valence-electron chi connectivity index (χ1n) is 5.38. The minimum atomic E-state index is 0.606. The Bertz CT molecular complexity index is 538. The van der Waals surface area contributed by atoms with Crippen LogP contribution in [0, 0.1) is 11.8 Å². The van der Waals surface area contributed by atoms with Gasteiger partial charge in [0.1, 0.15) is 0 Å². The van der Waals surface area contributed by atoms with E-state index in [2.05, 4.69) is 17.2 Å². The number of hydrogen-bond donors (Lipinski definition) is 1. The molecule has 0 aliphatic heterocycles. The van der Waals surface area contributed by atoms with Crippen LogP contribution in [0.3, 0.4) is 0 Å². The van der Waals surface area contributed by atoms with Gasteiger partial charge in [-0.25, -0.2) is 0 Å². The molecule has 17 heavy (non-hydrogen) atoms. The van der Waals surface area contributed by atoms with Crippen molar-refractivity contribution in [1.82, 2.24) is 0 Å². The Morgan fingerprint density at radius 1 is 1.00 bits per heavy atom. The molecule has 1 nitrogen and oxygen atoms in total. The van der Waals surface area contributed by atoms with Crippen LogP contribution >= 0.6 is 11.6 Å². The van der Waals surface area contributed by atoms with Crippen molar-refractivity contribution in [1.29, 1.82) is 0 Å². The first-order valence-corrected chi connectivity index (χ1v) is 5.76. The van der Waals surface area contributed by atoms with Gasteiger partial charge in [-0.15, -0.1) is 0 Å². The summed E-state index contributed by atoms with van der Waals surface area (Å²) in [6, 6.07) is 17.5. The molecule has 0 atom stereocenters. The molecule has 0 aliphatic carbocycles. The van der Waals surface area contributed by atoms with E-state index in [1.807, 2.05) is 54.6 Å². The van der Waals surface area contributed by atoms with Gasteiger partial charge in [0.15, 0.2) is 0 Å². The van der Waals surface area contributed by atoms with Gasteiger partial charge in [0.25, 0.3) is 0 Å². The number of benzene rings is 2. The molecule has 2 aromatic rings. The molecule has 0 bridgehead atoms. The van der Waals surface area contributed by atoms with Crippen LogP contribution in [0.5, 0.6) is 0 Å². The maximum Gasteiger partial charge on any atom is 0.0769 e. The Morgan fingerprint density at radius 3 is 2.59 bits per heavy atom. The molecule has 0 amide bonds. The maximum absolute atomic E-state index is 5.88. The molecule has 0 aromatic heterocycles. The van der Waals surface area contributed by atoms with Crippen molar-refractivity contribution in [2.75, 3.05) is 11.9 Å². The van der Waals surface area contributed by atoms with Crippen LogP contribution in [0.15, 0.2) is 54.6 Å². The lowest BCUT2D eigenvalue weighted by Crippen LogP contribution is -1.98. The van der Waals surface area contributed by atoms with Gasteiger partial charge in [-0.1, -0.05) is 47.7 Å². The number of hydrogen-bond acceptors (Lipinski definition) is 1. The van der Waals surface area contributed by atoms with E-state index in [1.54, 1.807) is 0 Å². The van der Waals surface area contributed by atoms with Gasteiger partial charge in [0.05, 0.1) is 6.54 Å². The second kappa shape index (κ2) is 5.98. The van der Waals surface area contributed by atoms with Crippen LogP contribution in [0.2, 0.25) is 5.02 Å². The van der Waals surface area contributed by atoms with E-state index in [0.717, 1.165) is 16.3 Å². The maximum atomic E-state index is 5.88. The first-order chi connectivity index (χ1) is 8.34. The Hall–Kier alpha value is -1.91. The molecular formula is C15H12ClN. The van der Waals surface area contributed by atoms with Gasteiger partial charge >= 0.3 is 0 Å². The van der Waals surface area contributed by atoms with Crippen LogP contribution in [0.1, 0.15) is 5.56 Å². The molecule has 0 heterocycles. The normalized spacial score (nSPS) is 9.24. The summed E-state index contributed by atoms with van der Waals surface area (Å²) in [5.74, 6) is 6.15. The van der Waals surface area contributed by atoms with Crippen molar-refractivity contribution in [2.24, 2.45) is 0 Å². The Labute approximate surface area is 106 Å². The fraction of sp³-hybridized carbons (Fsp3) is 0.0667. The second-order valence-corrected chi connectivity index (χ2v) is 3.97. The summed E-state index contributed by atoms with van der Waals surface area (Å²) in [4.78, 5) is 0. The highest BCUT2D eigenvalue weighted by Gasteiger charge is 1.90. The third-order valence-corrected chi connectivity index (χ3v) is 2.45. The minimum absolute atomic E-state index is 0.606. The molecule has 0 unspecified atom stereocenters. The van der Waals surface area contributed by atoms with Crippen molar-refractivity contribution >= 4 is 17.3 Å². The highest BCUT2D eigenvalue weighted by Crippen LogP contribution is 2.14. The molecule has 84 valence electrons. The van der Waals surface area contributed by atoms with Crippen molar-refractivity contribution in [3.8, 4) is 11.8 Å². The second-order valence-electron chi connectivity index (χ2n) is 3.53. The lowest BCUT2D eigenvalue weighted by molar-refractivity contribution is 1.38. The van der Waals surface area contributed by atoms with Crippen molar-refractivity contribution in [3.63, 3.8) is 0 Å². The molecule has 2 aromatic carbocycles. The van der Waals surface area contributed by atoms with Crippen LogP contribution < -0.4 is 5.32 Å². The standard InChI is InChI=1S/C15H12ClN/c16-14-9-4-10-15(12-14)17-11-5-8-13-6-2-1-3-7-13/h1-4,6-7,9-10,12,17H,11H2. The summed E-state index contributed by atoms with van der Waals surface area (Å²) in [7, 11) is 0. The summed E-state index contributed by atoms with van der Waals surface area (Å²) >= 11 is 5.88. The Morgan fingerprint density at radius 2 is 1.82 bits per heavy atom. The van der Waals surface area contributed by atoms with Crippen LogP contribution in [0.4, 0.5) is 5.69 Å². The van der Waals surface area contributed by atoms with Gasteiger partial charge in [-0.05, 0) is 30.3 Å². The molecule has 0 saturated heterocycles. The lowest BCUT2D eigenvalue weighted by Gasteiger charge is -2.01. The molecule has 1 N–H and O–H groups in total. The van der Waals surface area contributed by atoms with E-state index in [-0.39, 0.29) is 0 Å². The average Bonchev–Trinajstić information content (AvgIpc) is 2.36. The minimum Gasteiger partial charge on any atom is -0.374 e. The topological polar surface area (TPSA) is 12.0 Å². The van der Waals surface area contributed by atoms with E-state index >= 15 is 0 Å². The quantitative estimate of drug-likeness (QED) is 0.789. The summed E-state index contributed by atoms with van der Waals surface area (Å²) < 4.78 is 0. The smallest absolute Gasteiger partial charge is 0.0769 e. The number of nitrogens with one attached hydrogen (secondary N) is 1. The zero-order chi connectivity index (χ0) is 11.9. The van der Waals surface area contributed by atoms with E-state index in [1.165, 1.54) is 0 Å². The number of anilines is 1. The van der Waals surface area contributed by atoms with E-state index in [4.69, 9.17) is 11.6 Å². The molecule has 0 radical (unpaired) electrons. The monoisotopic (exact) mass is 241 g/mol. The van der Waals surface area contributed by atoms with Crippen LogP contribution in [-0.4, -0.2) is 6.54 Å². The molecule has 0 spiro atoms.